The van der Waals surface area contributed by atoms with Crippen molar-refractivity contribution in [1.29, 1.82) is 0 Å². The second-order valence-corrected chi connectivity index (χ2v) is 6.21. The van der Waals surface area contributed by atoms with Crippen LogP contribution in [0.5, 0.6) is 11.5 Å². The van der Waals surface area contributed by atoms with E-state index in [0.717, 1.165) is 4.88 Å². The van der Waals surface area contributed by atoms with Gasteiger partial charge in [-0.1, -0.05) is 0 Å². The number of hydrogen-bond acceptors (Lipinski definition) is 6. The molecule has 0 fully saturated rings. The molecule has 0 saturated carbocycles. The molecule has 24 heavy (non-hydrogen) atoms. The maximum atomic E-state index is 12.4. The summed E-state index contributed by atoms with van der Waals surface area (Å²) in [5.41, 5.74) is 0.0612. The minimum atomic E-state index is -0.530. The number of carbonyl (C=O) groups is 1. The second kappa shape index (κ2) is 6.32. The normalized spacial score (nSPS) is 10.6. The van der Waals surface area contributed by atoms with Crippen molar-refractivity contribution in [3.63, 3.8) is 0 Å². The van der Waals surface area contributed by atoms with Gasteiger partial charge in [0.25, 0.3) is 11.5 Å². The molecule has 8 heteroatoms. The largest absolute Gasteiger partial charge is 0.493 e. The highest BCUT2D eigenvalue weighted by molar-refractivity contribution is 7.16. The SMILES string of the molecule is COc1ccc(NC(=O)c2cnc3sc(C)cn3c2=O)cc1OC. The Labute approximate surface area is 141 Å². The van der Waals surface area contributed by atoms with E-state index in [0.29, 0.717) is 22.1 Å². The van der Waals surface area contributed by atoms with Crippen LogP contribution in [-0.4, -0.2) is 29.5 Å². The Morgan fingerprint density at radius 3 is 2.71 bits per heavy atom. The molecule has 124 valence electrons. The minimum absolute atomic E-state index is 0.0277. The topological polar surface area (TPSA) is 81.9 Å². The van der Waals surface area contributed by atoms with Crippen molar-refractivity contribution in [1.82, 2.24) is 9.38 Å². The van der Waals surface area contributed by atoms with Gasteiger partial charge in [-0.05, 0) is 19.1 Å². The van der Waals surface area contributed by atoms with E-state index in [-0.39, 0.29) is 5.56 Å². The van der Waals surface area contributed by atoms with Crippen LogP contribution in [0.15, 0.2) is 35.4 Å². The summed E-state index contributed by atoms with van der Waals surface area (Å²) in [5, 5.41) is 2.67. The number of aryl methyl sites for hydroxylation is 1. The minimum Gasteiger partial charge on any atom is -0.493 e. The monoisotopic (exact) mass is 345 g/mol. The van der Waals surface area contributed by atoms with E-state index in [4.69, 9.17) is 9.47 Å². The molecule has 0 radical (unpaired) electrons. The van der Waals surface area contributed by atoms with Crippen LogP contribution >= 0.6 is 11.3 Å². The van der Waals surface area contributed by atoms with Crippen molar-refractivity contribution in [3.8, 4) is 11.5 Å². The first-order valence-corrected chi connectivity index (χ1v) is 7.86. The van der Waals surface area contributed by atoms with Gasteiger partial charge in [0.15, 0.2) is 16.5 Å². The number of carbonyl (C=O) groups excluding carboxylic acids is 1. The highest BCUT2D eigenvalue weighted by Gasteiger charge is 2.15. The lowest BCUT2D eigenvalue weighted by Crippen LogP contribution is -2.25. The quantitative estimate of drug-likeness (QED) is 0.785. The lowest BCUT2D eigenvalue weighted by atomic mass is 10.2. The van der Waals surface area contributed by atoms with Gasteiger partial charge >= 0.3 is 0 Å². The number of aromatic nitrogens is 2. The summed E-state index contributed by atoms with van der Waals surface area (Å²) in [5.74, 6) is 0.499. The maximum absolute atomic E-state index is 12.4. The zero-order valence-electron chi connectivity index (χ0n) is 13.3. The van der Waals surface area contributed by atoms with Crippen LogP contribution < -0.4 is 20.3 Å². The molecule has 3 rings (SSSR count). The summed E-state index contributed by atoms with van der Waals surface area (Å²) in [6.45, 7) is 1.88. The summed E-state index contributed by atoms with van der Waals surface area (Å²) in [6, 6.07) is 4.96. The molecule has 2 aromatic heterocycles. The lowest BCUT2D eigenvalue weighted by molar-refractivity contribution is 0.102. The van der Waals surface area contributed by atoms with Crippen molar-refractivity contribution in [2.24, 2.45) is 0 Å². The molecule has 1 N–H and O–H groups in total. The molecule has 0 saturated heterocycles. The first kappa shape index (κ1) is 16.0. The van der Waals surface area contributed by atoms with Gasteiger partial charge in [0.1, 0.15) is 5.56 Å². The van der Waals surface area contributed by atoms with Crippen molar-refractivity contribution < 1.29 is 14.3 Å². The Bertz CT molecular complexity index is 977. The molecular formula is C16H15N3O4S. The molecule has 0 spiro atoms. The van der Waals surface area contributed by atoms with Crippen molar-refractivity contribution in [3.05, 3.63) is 51.4 Å². The number of thiazole rings is 1. The number of hydrogen-bond donors (Lipinski definition) is 1. The first-order chi connectivity index (χ1) is 11.5. The summed E-state index contributed by atoms with van der Waals surface area (Å²) < 4.78 is 11.7. The Morgan fingerprint density at radius 1 is 1.25 bits per heavy atom. The van der Waals surface area contributed by atoms with Crippen LogP contribution in [0.25, 0.3) is 4.96 Å². The van der Waals surface area contributed by atoms with Gasteiger partial charge in [-0.25, -0.2) is 4.98 Å². The Balaban J connectivity index is 1.93. The van der Waals surface area contributed by atoms with E-state index < -0.39 is 11.5 Å². The molecule has 0 atom stereocenters. The number of rotatable bonds is 4. The number of amides is 1. The van der Waals surface area contributed by atoms with Crippen LogP contribution in [-0.2, 0) is 0 Å². The highest BCUT2D eigenvalue weighted by Crippen LogP contribution is 2.29. The molecule has 3 aromatic rings. The fourth-order valence-corrected chi connectivity index (χ4v) is 3.05. The van der Waals surface area contributed by atoms with Crippen molar-refractivity contribution in [2.75, 3.05) is 19.5 Å². The number of nitrogens with one attached hydrogen (secondary N) is 1. The third-order valence-electron chi connectivity index (χ3n) is 3.41. The van der Waals surface area contributed by atoms with E-state index in [1.54, 1.807) is 24.4 Å². The molecule has 0 unspecified atom stereocenters. The molecule has 1 aromatic carbocycles. The molecule has 1 amide bonds. The number of fused-ring (bicyclic) bond motifs is 1. The first-order valence-electron chi connectivity index (χ1n) is 7.04. The predicted molar refractivity (Wildman–Crippen MR) is 91.6 cm³/mol. The van der Waals surface area contributed by atoms with Gasteiger partial charge in [0.2, 0.25) is 0 Å². The third kappa shape index (κ3) is 2.83. The second-order valence-electron chi connectivity index (χ2n) is 5.00. The average Bonchev–Trinajstić information content (AvgIpc) is 2.96. The number of benzene rings is 1. The zero-order valence-corrected chi connectivity index (χ0v) is 14.1. The Kier molecular flexibility index (Phi) is 4.22. The molecule has 0 bridgehead atoms. The van der Waals surface area contributed by atoms with Gasteiger partial charge in [0, 0.05) is 29.0 Å². The van der Waals surface area contributed by atoms with E-state index >= 15 is 0 Å². The van der Waals surface area contributed by atoms with E-state index in [1.807, 2.05) is 6.92 Å². The summed E-state index contributed by atoms with van der Waals surface area (Å²) in [6.07, 6.45) is 2.96. The maximum Gasteiger partial charge on any atom is 0.271 e. The molecule has 0 aliphatic carbocycles. The van der Waals surface area contributed by atoms with Gasteiger partial charge in [-0.15, -0.1) is 11.3 Å². The van der Waals surface area contributed by atoms with Gasteiger partial charge in [-0.2, -0.15) is 0 Å². The fourth-order valence-electron chi connectivity index (χ4n) is 2.26. The predicted octanol–water partition coefficient (Wildman–Crippen LogP) is 2.33. The summed E-state index contributed by atoms with van der Waals surface area (Å²) >= 11 is 1.39. The van der Waals surface area contributed by atoms with Crippen molar-refractivity contribution >= 4 is 27.9 Å². The Morgan fingerprint density at radius 2 is 2.00 bits per heavy atom. The number of methoxy groups -OCH3 is 2. The standard InChI is InChI=1S/C16H15N3O4S/c1-9-8-19-15(21)11(7-17-16(19)24-9)14(20)18-10-4-5-12(22-2)13(6-10)23-3/h4-8H,1-3H3,(H,18,20). The summed E-state index contributed by atoms with van der Waals surface area (Å²) in [4.78, 5) is 30.5. The van der Waals surface area contributed by atoms with E-state index in [2.05, 4.69) is 10.3 Å². The van der Waals surface area contributed by atoms with Crippen LogP contribution in [0.1, 0.15) is 15.2 Å². The number of nitrogens with zero attached hydrogens (tertiary/aromatic N) is 2. The zero-order chi connectivity index (χ0) is 17.3. The molecular weight excluding hydrogens is 330 g/mol. The fraction of sp³-hybridized carbons (Fsp3) is 0.188. The van der Waals surface area contributed by atoms with E-state index in [9.17, 15) is 9.59 Å². The Hall–Kier alpha value is -2.87. The van der Waals surface area contributed by atoms with E-state index in [1.165, 1.54) is 36.2 Å². The van der Waals surface area contributed by atoms with Crippen LogP contribution in [0.4, 0.5) is 5.69 Å². The molecule has 0 aliphatic heterocycles. The third-order valence-corrected chi connectivity index (χ3v) is 4.32. The number of anilines is 1. The lowest BCUT2D eigenvalue weighted by Gasteiger charge is -2.10. The number of ether oxygens (including phenoxy) is 2. The molecule has 0 aliphatic rings. The van der Waals surface area contributed by atoms with Crippen LogP contribution in [0.2, 0.25) is 0 Å². The van der Waals surface area contributed by atoms with Gasteiger partial charge < -0.3 is 14.8 Å². The van der Waals surface area contributed by atoms with Gasteiger partial charge in [-0.3, -0.25) is 14.0 Å². The van der Waals surface area contributed by atoms with Crippen LogP contribution in [0.3, 0.4) is 0 Å². The van der Waals surface area contributed by atoms with Crippen LogP contribution in [0, 0.1) is 6.92 Å². The highest BCUT2D eigenvalue weighted by atomic mass is 32.1. The summed E-state index contributed by atoms with van der Waals surface area (Å²) in [7, 11) is 3.04. The van der Waals surface area contributed by atoms with Crippen molar-refractivity contribution in [2.45, 2.75) is 6.92 Å². The molecule has 7 nitrogen and oxygen atoms in total. The smallest absolute Gasteiger partial charge is 0.271 e. The molecule has 2 heterocycles. The average molecular weight is 345 g/mol. The van der Waals surface area contributed by atoms with Gasteiger partial charge in [0.05, 0.1) is 14.2 Å².